The largest absolute Gasteiger partial charge is 0.339 e. The molecule has 1 fully saturated rings. The summed E-state index contributed by atoms with van der Waals surface area (Å²) in [5.74, 6) is 1.81. The van der Waals surface area contributed by atoms with Crippen molar-refractivity contribution in [2.75, 3.05) is 18.4 Å². The molecule has 3 aromatic heterocycles. The molecule has 0 saturated carbocycles. The van der Waals surface area contributed by atoms with E-state index in [0.29, 0.717) is 17.3 Å². The minimum Gasteiger partial charge on any atom is -0.339 e. The summed E-state index contributed by atoms with van der Waals surface area (Å²) in [7, 11) is 0. The van der Waals surface area contributed by atoms with E-state index >= 15 is 0 Å². The second kappa shape index (κ2) is 7.90. The molecule has 0 radical (unpaired) electrons. The monoisotopic (exact) mass is 360 g/mol. The van der Waals surface area contributed by atoms with Gasteiger partial charge in [-0.1, -0.05) is 6.07 Å². The van der Waals surface area contributed by atoms with E-state index in [9.17, 15) is 4.79 Å². The van der Waals surface area contributed by atoms with E-state index in [1.165, 1.54) is 0 Å². The summed E-state index contributed by atoms with van der Waals surface area (Å²) in [6.07, 6.45) is 10.0. The predicted molar refractivity (Wildman–Crippen MR) is 102 cm³/mol. The molecule has 0 atom stereocenters. The maximum atomic E-state index is 12.5. The van der Waals surface area contributed by atoms with Crippen LogP contribution < -0.4 is 5.32 Å². The SMILES string of the molecule is O=C(c1cccnc1)N1CCC(c2cccc(Nc3cnccn3)n2)CC1. The van der Waals surface area contributed by atoms with Gasteiger partial charge in [0.2, 0.25) is 0 Å². The van der Waals surface area contributed by atoms with Gasteiger partial charge >= 0.3 is 0 Å². The zero-order chi connectivity index (χ0) is 18.5. The first-order valence-electron chi connectivity index (χ1n) is 8.99. The summed E-state index contributed by atoms with van der Waals surface area (Å²) in [6.45, 7) is 1.45. The van der Waals surface area contributed by atoms with E-state index in [1.807, 2.05) is 29.2 Å². The van der Waals surface area contributed by atoms with Crippen molar-refractivity contribution in [2.24, 2.45) is 0 Å². The second-order valence-electron chi connectivity index (χ2n) is 6.47. The number of nitrogens with zero attached hydrogens (tertiary/aromatic N) is 5. The molecule has 136 valence electrons. The normalized spacial score (nSPS) is 14.7. The minimum absolute atomic E-state index is 0.0487. The van der Waals surface area contributed by atoms with Crippen molar-refractivity contribution in [3.63, 3.8) is 0 Å². The standard InChI is InChI=1S/C20H20N6O/c27-20(16-3-2-8-21-13-16)26-11-6-15(7-12-26)17-4-1-5-18(24-17)25-19-14-22-9-10-23-19/h1-5,8-10,13-15H,6-7,11-12H2,(H,23,24,25). The van der Waals surface area contributed by atoms with Gasteiger partial charge in [-0.15, -0.1) is 0 Å². The van der Waals surface area contributed by atoms with Crippen molar-refractivity contribution < 1.29 is 4.79 Å². The molecule has 0 aromatic carbocycles. The molecule has 27 heavy (non-hydrogen) atoms. The highest BCUT2D eigenvalue weighted by Crippen LogP contribution is 2.28. The van der Waals surface area contributed by atoms with Crippen LogP contribution in [0.4, 0.5) is 11.6 Å². The van der Waals surface area contributed by atoms with Crippen LogP contribution in [0.15, 0.2) is 61.3 Å². The summed E-state index contributed by atoms with van der Waals surface area (Å²) in [5.41, 5.74) is 1.68. The van der Waals surface area contributed by atoms with Crippen molar-refractivity contribution in [3.05, 3.63) is 72.6 Å². The number of rotatable bonds is 4. The van der Waals surface area contributed by atoms with Gasteiger partial charge in [-0.2, -0.15) is 0 Å². The lowest BCUT2D eigenvalue weighted by atomic mass is 9.92. The zero-order valence-corrected chi connectivity index (χ0v) is 14.8. The molecule has 1 N–H and O–H groups in total. The quantitative estimate of drug-likeness (QED) is 0.770. The zero-order valence-electron chi connectivity index (χ0n) is 14.8. The van der Waals surface area contributed by atoms with Gasteiger partial charge in [0.05, 0.1) is 11.8 Å². The van der Waals surface area contributed by atoms with Gasteiger partial charge in [-0.3, -0.25) is 14.8 Å². The van der Waals surface area contributed by atoms with Crippen molar-refractivity contribution in [1.82, 2.24) is 24.8 Å². The van der Waals surface area contributed by atoms with Crippen LogP contribution >= 0.6 is 0 Å². The van der Waals surface area contributed by atoms with Crippen LogP contribution in [-0.4, -0.2) is 43.8 Å². The second-order valence-corrected chi connectivity index (χ2v) is 6.47. The number of hydrogen-bond donors (Lipinski definition) is 1. The molecule has 0 bridgehead atoms. The number of anilines is 2. The molecule has 4 heterocycles. The molecule has 7 nitrogen and oxygen atoms in total. The first-order valence-corrected chi connectivity index (χ1v) is 8.99. The molecule has 1 saturated heterocycles. The summed E-state index contributed by atoms with van der Waals surface area (Å²) in [4.78, 5) is 31.5. The Morgan fingerprint density at radius 1 is 0.963 bits per heavy atom. The predicted octanol–water partition coefficient (Wildman–Crippen LogP) is 3.03. The smallest absolute Gasteiger partial charge is 0.255 e. The number of carbonyl (C=O) groups excluding carboxylic acids is 1. The Morgan fingerprint density at radius 2 is 1.81 bits per heavy atom. The maximum Gasteiger partial charge on any atom is 0.255 e. The van der Waals surface area contributed by atoms with Gasteiger partial charge in [0, 0.05) is 49.5 Å². The number of aromatic nitrogens is 4. The molecule has 0 unspecified atom stereocenters. The van der Waals surface area contributed by atoms with Gasteiger partial charge in [-0.25, -0.2) is 9.97 Å². The van der Waals surface area contributed by atoms with Gasteiger partial charge < -0.3 is 10.2 Å². The van der Waals surface area contributed by atoms with Crippen molar-refractivity contribution in [1.29, 1.82) is 0 Å². The third-order valence-electron chi connectivity index (χ3n) is 4.70. The van der Waals surface area contributed by atoms with Crippen LogP contribution in [-0.2, 0) is 0 Å². The van der Waals surface area contributed by atoms with E-state index in [1.54, 1.807) is 37.1 Å². The first kappa shape index (κ1) is 17.1. The molecule has 3 aromatic rings. The number of nitrogens with one attached hydrogen (secondary N) is 1. The Morgan fingerprint density at radius 3 is 2.56 bits per heavy atom. The average Bonchev–Trinajstić information content (AvgIpc) is 2.75. The third kappa shape index (κ3) is 4.08. The van der Waals surface area contributed by atoms with E-state index in [2.05, 4.69) is 20.3 Å². The Hall–Kier alpha value is -3.35. The van der Waals surface area contributed by atoms with Crippen LogP contribution in [0.5, 0.6) is 0 Å². The van der Waals surface area contributed by atoms with Gasteiger partial charge in [0.15, 0.2) is 0 Å². The molecule has 7 heteroatoms. The molecule has 4 rings (SSSR count). The van der Waals surface area contributed by atoms with Crippen molar-refractivity contribution in [3.8, 4) is 0 Å². The van der Waals surface area contributed by atoms with Crippen molar-refractivity contribution in [2.45, 2.75) is 18.8 Å². The fraction of sp³-hybridized carbons (Fsp3) is 0.250. The Labute approximate surface area is 157 Å². The molecule has 0 aliphatic carbocycles. The molecule has 1 aliphatic rings. The highest BCUT2D eigenvalue weighted by molar-refractivity contribution is 5.93. The van der Waals surface area contributed by atoms with E-state index in [0.717, 1.165) is 37.4 Å². The van der Waals surface area contributed by atoms with Crippen LogP contribution in [0.25, 0.3) is 0 Å². The molecular weight excluding hydrogens is 340 g/mol. The Kier molecular flexibility index (Phi) is 5.00. The molecule has 1 amide bonds. The lowest BCUT2D eigenvalue weighted by Gasteiger charge is -2.31. The van der Waals surface area contributed by atoms with Crippen LogP contribution in [0.3, 0.4) is 0 Å². The number of amides is 1. The average molecular weight is 360 g/mol. The highest BCUT2D eigenvalue weighted by Gasteiger charge is 2.25. The number of likely N-dealkylation sites (tertiary alicyclic amines) is 1. The number of carbonyl (C=O) groups is 1. The van der Waals surface area contributed by atoms with Crippen molar-refractivity contribution >= 4 is 17.5 Å². The van der Waals surface area contributed by atoms with Crippen LogP contribution in [0, 0.1) is 0 Å². The number of pyridine rings is 2. The van der Waals surface area contributed by atoms with Gasteiger partial charge in [0.25, 0.3) is 5.91 Å². The topological polar surface area (TPSA) is 83.9 Å². The summed E-state index contributed by atoms with van der Waals surface area (Å²) in [5, 5.41) is 3.18. The van der Waals surface area contributed by atoms with E-state index in [4.69, 9.17) is 4.98 Å². The van der Waals surface area contributed by atoms with E-state index in [-0.39, 0.29) is 5.91 Å². The number of hydrogen-bond acceptors (Lipinski definition) is 6. The Balaban J connectivity index is 1.40. The van der Waals surface area contributed by atoms with Crippen LogP contribution in [0.1, 0.15) is 34.8 Å². The van der Waals surface area contributed by atoms with E-state index < -0.39 is 0 Å². The molecule has 1 aliphatic heterocycles. The molecular formula is C20H20N6O. The minimum atomic E-state index is 0.0487. The lowest BCUT2D eigenvalue weighted by molar-refractivity contribution is 0.0711. The summed E-state index contributed by atoms with van der Waals surface area (Å²) < 4.78 is 0. The highest BCUT2D eigenvalue weighted by atomic mass is 16.2. The molecule has 0 spiro atoms. The Bertz CT molecular complexity index is 895. The maximum absolute atomic E-state index is 12.5. The first-order chi connectivity index (χ1) is 13.3. The lowest BCUT2D eigenvalue weighted by Crippen LogP contribution is -2.38. The number of piperidine rings is 1. The van der Waals surface area contributed by atoms with Gasteiger partial charge in [0.1, 0.15) is 11.6 Å². The van der Waals surface area contributed by atoms with Gasteiger partial charge in [-0.05, 0) is 37.1 Å². The fourth-order valence-corrected chi connectivity index (χ4v) is 3.29. The third-order valence-corrected chi connectivity index (χ3v) is 4.70. The van der Waals surface area contributed by atoms with Crippen LogP contribution in [0.2, 0.25) is 0 Å². The summed E-state index contributed by atoms with van der Waals surface area (Å²) in [6, 6.07) is 9.56. The summed E-state index contributed by atoms with van der Waals surface area (Å²) >= 11 is 0. The fourth-order valence-electron chi connectivity index (χ4n) is 3.29.